The summed E-state index contributed by atoms with van der Waals surface area (Å²) >= 11 is 0. The molecule has 3 fully saturated rings. The number of ether oxygens (including phenoxy) is 6. The van der Waals surface area contributed by atoms with Gasteiger partial charge in [-0.05, 0) is 72.9 Å². The molecule has 18 atom stereocenters. The van der Waals surface area contributed by atoms with E-state index in [0.29, 0.717) is 0 Å². The Kier molecular flexibility index (Phi) is 16.0. The van der Waals surface area contributed by atoms with Crippen LogP contribution in [-0.2, 0) is 48.0 Å². The van der Waals surface area contributed by atoms with Crippen LogP contribution in [0.25, 0.3) is 0 Å². The van der Waals surface area contributed by atoms with Gasteiger partial charge in [0.25, 0.3) is 0 Å². The van der Waals surface area contributed by atoms with E-state index in [-0.39, 0.29) is 30.6 Å². The van der Waals surface area contributed by atoms with Gasteiger partial charge >= 0.3 is 5.97 Å². The number of ketones is 1. The SMILES string of the molecule is CC[C@H]1OC(=O)[C@H](C)[C@@H](O[C@H]2C[C@@](C)(OC)[C@@H](O)[C@H](C)O2)[C@H](C)[C@@H](O[C@@H]2O[C@H](C)C[C@H](N(C)S(=O)(=O)c3ccccc3)[C@H]2O)[C@](C)(O)C[C@@H](C)C(=O)[C@H](C)[C@@H](O)[C@]1(C)O. The Labute approximate surface area is 349 Å². The van der Waals surface area contributed by atoms with Crippen molar-refractivity contribution in [2.24, 2.45) is 23.7 Å². The number of aliphatic hydroxyl groups is 5. The van der Waals surface area contributed by atoms with E-state index in [4.69, 9.17) is 28.4 Å². The molecule has 0 unspecified atom stereocenters. The van der Waals surface area contributed by atoms with Crippen molar-refractivity contribution in [1.82, 2.24) is 4.31 Å². The average molecular weight is 860 g/mol. The van der Waals surface area contributed by atoms with Gasteiger partial charge in [-0.1, -0.05) is 45.9 Å². The van der Waals surface area contributed by atoms with Crippen molar-refractivity contribution < 1.29 is 72.0 Å². The molecule has 0 amide bonds. The van der Waals surface area contributed by atoms with Crippen molar-refractivity contribution in [3.63, 3.8) is 0 Å². The number of cyclic esters (lactones) is 1. The van der Waals surface area contributed by atoms with Crippen LogP contribution in [0.1, 0.15) is 94.9 Å². The zero-order valence-corrected chi connectivity index (χ0v) is 37.4. The number of carbonyl (C=O) groups is 2. The Morgan fingerprint density at radius 3 is 2.07 bits per heavy atom. The summed E-state index contributed by atoms with van der Waals surface area (Å²) in [5, 5.41) is 58.5. The highest BCUT2D eigenvalue weighted by Gasteiger charge is 2.54. The monoisotopic (exact) mass is 859 g/mol. The van der Waals surface area contributed by atoms with Gasteiger partial charge in [0.2, 0.25) is 10.0 Å². The number of hydrogen-bond donors (Lipinski definition) is 5. The van der Waals surface area contributed by atoms with Crippen LogP contribution in [0.4, 0.5) is 0 Å². The maximum Gasteiger partial charge on any atom is 0.311 e. The summed E-state index contributed by atoms with van der Waals surface area (Å²) < 4.78 is 65.7. The summed E-state index contributed by atoms with van der Waals surface area (Å²) in [6.45, 7) is 15.7. The summed E-state index contributed by atoms with van der Waals surface area (Å²) in [4.78, 5) is 28.2. The van der Waals surface area contributed by atoms with Gasteiger partial charge in [0.1, 0.15) is 29.7 Å². The molecule has 0 radical (unpaired) electrons. The lowest BCUT2D eigenvalue weighted by molar-refractivity contribution is -0.317. The minimum absolute atomic E-state index is 0.0235. The van der Waals surface area contributed by atoms with Gasteiger partial charge in [-0.15, -0.1) is 0 Å². The average Bonchev–Trinajstić information content (AvgIpc) is 3.18. The molecule has 1 aromatic carbocycles. The fourth-order valence-electron chi connectivity index (χ4n) is 9.19. The van der Waals surface area contributed by atoms with Gasteiger partial charge in [-0.25, -0.2) is 8.42 Å². The Morgan fingerprint density at radius 1 is 0.881 bits per heavy atom. The number of methoxy groups -OCH3 is 1. The van der Waals surface area contributed by atoms with Crippen molar-refractivity contribution in [2.45, 2.75) is 184 Å². The topological polar surface area (TPSA) is 228 Å². The first-order chi connectivity index (χ1) is 27.2. The number of esters is 1. The number of Topliss-reactive ketones (excluding diaryl/α,β-unsaturated/α-hetero) is 1. The molecule has 0 bridgehead atoms. The first kappa shape index (κ1) is 49.5. The Hall–Kier alpha value is -2.13. The molecule has 338 valence electrons. The van der Waals surface area contributed by atoms with E-state index >= 15 is 0 Å². The summed E-state index contributed by atoms with van der Waals surface area (Å²) in [6, 6.07) is 6.75. The van der Waals surface area contributed by atoms with Crippen LogP contribution in [0.15, 0.2) is 35.2 Å². The quantitative estimate of drug-likeness (QED) is 0.225. The third-order valence-electron chi connectivity index (χ3n) is 13.0. The van der Waals surface area contributed by atoms with E-state index in [0.717, 1.165) is 4.31 Å². The Morgan fingerprint density at radius 2 is 1.49 bits per heavy atom. The van der Waals surface area contributed by atoms with Crippen molar-refractivity contribution in [3.05, 3.63) is 30.3 Å². The predicted molar refractivity (Wildman–Crippen MR) is 214 cm³/mol. The summed E-state index contributed by atoms with van der Waals surface area (Å²) in [6.07, 6.45) is -12.2. The molecule has 0 spiro atoms. The van der Waals surface area contributed by atoms with Crippen molar-refractivity contribution in [3.8, 4) is 0 Å². The lowest BCUT2D eigenvalue weighted by Crippen LogP contribution is -2.61. The van der Waals surface area contributed by atoms with Crippen molar-refractivity contribution in [1.29, 1.82) is 0 Å². The standard InChI is InChI=1S/C42H69NO15S/c1-13-30-42(10,50)35(46)24(4)32(44)22(2)20-40(8,49)37(25(5)34(26(6)38(48)56-30)57-31-21-41(9,53-12)36(47)27(7)55-31)58-39-33(45)29(19-23(3)54-39)43(11)59(51,52)28-17-15-14-16-18-28/h14-18,22-27,29-31,33-37,39,45-47,49-50H,13,19-21H2,1-12H3/t22-,23-,24+,25+,26-,27+,29+,30-,31+,33-,34+,35-,36+,37-,39+,40-,41-,42-/m1/s1. The lowest BCUT2D eigenvalue weighted by Gasteiger charge is -2.49. The van der Waals surface area contributed by atoms with Gasteiger partial charge < -0.3 is 54.0 Å². The van der Waals surface area contributed by atoms with Gasteiger partial charge in [-0.2, -0.15) is 4.31 Å². The van der Waals surface area contributed by atoms with Crippen LogP contribution in [0, 0.1) is 23.7 Å². The third-order valence-corrected chi connectivity index (χ3v) is 14.9. The van der Waals surface area contributed by atoms with Crippen LogP contribution in [0.5, 0.6) is 0 Å². The number of hydrogen-bond acceptors (Lipinski definition) is 15. The molecule has 3 aliphatic rings. The molecule has 3 saturated heterocycles. The van der Waals surface area contributed by atoms with E-state index in [1.165, 1.54) is 54.0 Å². The fraction of sp³-hybridized carbons (Fsp3) is 0.810. The zero-order chi connectivity index (χ0) is 44.6. The molecule has 4 rings (SSSR count). The molecule has 5 N–H and O–H groups in total. The molecular formula is C42H69NO15S. The summed E-state index contributed by atoms with van der Waals surface area (Å²) in [5.41, 5.74) is -5.13. The van der Waals surface area contributed by atoms with E-state index in [1.54, 1.807) is 59.7 Å². The highest BCUT2D eigenvalue weighted by atomic mass is 32.2. The normalized spacial score (nSPS) is 44.8. The molecule has 3 heterocycles. The molecule has 17 heteroatoms. The number of aliphatic hydroxyl groups excluding tert-OH is 3. The van der Waals surface area contributed by atoms with Crippen molar-refractivity contribution in [2.75, 3.05) is 14.2 Å². The Balaban J connectivity index is 1.83. The van der Waals surface area contributed by atoms with Crippen LogP contribution in [-0.4, -0.2) is 148 Å². The largest absolute Gasteiger partial charge is 0.459 e. The van der Waals surface area contributed by atoms with E-state index < -0.39 is 130 Å². The third kappa shape index (κ3) is 10.4. The van der Waals surface area contributed by atoms with Gasteiger partial charge in [-0.3, -0.25) is 9.59 Å². The van der Waals surface area contributed by atoms with Crippen LogP contribution >= 0.6 is 0 Å². The highest BCUT2D eigenvalue weighted by Crippen LogP contribution is 2.41. The first-order valence-electron chi connectivity index (χ1n) is 20.7. The fourth-order valence-corrected chi connectivity index (χ4v) is 10.6. The molecule has 0 saturated carbocycles. The van der Waals surface area contributed by atoms with E-state index in [2.05, 4.69) is 0 Å². The number of nitrogens with zero attached hydrogens (tertiary/aromatic N) is 1. The number of benzene rings is 1. The minimum atomic E-state index is -4.09. The molecule has 0 aliphatic carbocycles. The lowest BCUT2D eigenvalue weighted by atomic mass is 9.74. The second-order valence-corrected chi connectivity index (χ2v) is 19.8. The smallest absolute Gasteiger partial charge is 0.311 e. The van der Waals surface area contributed by atoms with E-state index in [1.807, 2.05) is 0 Å². The number of sulfonamides is 1. The second-order valence-electron chi connectivity index (χ2n) is 17.8. The molecule has 59 heavy (non-hydrogen) atoms. The predicted octanol–water partition coefficient (Wildman–Crippen LogP) is 2.54. The minimum Gasteiger partial charge on any atom is -0.459 e. The van der Waals surface area contributed by atoms with Crippen LogP contribution in [0.2, 0.25) is 0 Å². The maximum absolute atomic E-state index is 14.2. The van der Waals surface area contributed by atoms with Crippen molar-refractivity contribution >= 4 is 21.8 Å². The number of carbonyl (C=O) groups excluding carboxylic acids is 2. The Bertz CT molecular complexity index is 1680. The van der Waals surface area contributed by atoms with E-state index in [9.17, 15) is 43.5 Å². The maximum atomic E-state index is 14.2. The molecule has 0 aromatic heterocycles. The molecule has 16 nitrogen and oxygen atoms in total. The summed E-state index contributed by atoms with van der Waals surface area (Å²) in [5.74, 6) is -5.57. The van der Waals surface area contributed by atoms with Gasteiger partial charge in [0.15, 0.2) is 12.6 Å². The first-order valence-corrected chi connectivity index (χ1v) is 22.1. The number of likely N-dealkylation sites (N-methyl/N-ethyl adjacent to an activating group) is 1. The number of rotatable bonds is 9. The zero-order valence-electron chi connectivity index (χ0n) is 36.5. The van der Waals surface area contributed by atoms with Gasteiger partial charge in [0, 0.05) is 38.3 Å². The molecule has 3 aliphatic heterocycles. The van der Waals surface area contributed by atoms with Crippen LogP contribution in [0.3, 0.4) is 0 Å². The van der Waals surface area contributed by atoms with Crippen LogP contribution < -0.4 is 0 Å². The second kappa shape index (κ2) is 19.1. The molecular weight excluding hydrogens is 791 g/mol. The summed E-state index contributed by atoms with van der Waals surface area (Å²) in [7, 11) is -1.28. The highest BCUT2D eigenvalue weighted by molar-refractivity contribution is 7.89. The van der Waals surface area contributed by atoms with Gasteiger partial charge in [0.05, 0.1) is 58.6 Å². The molecule has 1 aromatic rings.